The van der Waals surface area contributed by atoms with E-state index in [1.54, 1.807) is 12.1 Å². The van der Waals surface area contributed by atoms with E-state index >= 15 is 0 Å². The Morgan fingerprint density at radius 3 is 2.84 bits per heavy atom. The first-order valence-corrected chi connectivity index (χ1v) is 8.29. The van der Waals surface area contributed by atoms with Crippen molar-refractivity contribution in [3.8, 4) is 5.75 Å². The van der Waals surface area contributed by atoms with Crippen molar-refractivity contribution in [2.24, 2.45) is 0 Å². The van der Waals surface area contributed by atoms with E-state index in [4.69, 9.17) is 0 Å². The molecule has 0 saturated heterocycles. The number of allylic oxidation sites excluding steroid dienone is 1. The molecule has 0 radical (unpaired) electrons. The van der Waals surface area contributed by atoms with Gasteiger partial charge in [-0.3, -0.25) is 14.2 Å². The summed E-state index contributed by atoms with van der Waals surface area (Å²) in [5, 5.41) is 13.5. The summed E-state index contributed by atoms with van der Waals surface area (Å²) in [5.41, 5.74) is -0.649. The second-order valence-corrected chi connectivity index (χ2v) is 6.22. The minimum absolute atomic E-state index is 0.167. The van der Waals surface area contributed by atoms with E-state index in [-0.39, 0.29) is 23.9 Å². The summed E-state index contributed by atoms with van der Waals surface area (Å²) in [6.07, 6.45) is 4.01. The molecular weight excluding hydrogens is 325 g/mol. The molecule has 1 aliphatic rings. The number of carbonyl (C=O) groups excluding carboxylic acids is 1. The van der Waals surface area contributed by atoms with Crippen LogP contribution in [0.4, 0.5) is 4.39 Å². The van der Waals surface area contributed by atoms with E-state index < -0.39 is 17.6 Å². The van der Waals surface area contributed by atoms with E-state index in [2.05, 4.69) is 16.9 Å². The predicted octanol–water partition coefficient (Wildman–Crippen LogP) is 2.30. The highest BCUT2D eigenvalue weighted by atomic mass is 19.1. The van der Waals surface area contributed by atoms with E-state index in [1.165, 1.54) is 16.8 Å². The number of pyridine rings is 2. The number of alkyl halides is 1. The summed E-state index contributed by atoms with van der Waals surface area (Å²) in [6.45, 7) is 3.78. The molecule has 2 heterocycles. The van der Waals surface area contributed by atoms with E-state index in [9.17, 15) is 19.1 Å². The monoisotopic (exact) mass is 345 g/mol. The van der Waals surface area contributed by atoms with Crippen molar-refractivity contribution in [3.05, 3.63) is 46.9 Å². The molecule has 6 nitrogen and oxygen atoms in total. The smallest absolute Gasteiger partial charge is 0.269 e. The molecule has 2 aromatic heterocycles. The fraction of sp³-hybridized carbons (Fsp3) is 0.389. The van der Waals surface area contributed by atoms with Gasteiger partial charge in [-0.25, -0.2) is 9.37 Å². The third-order valence-electron chi connectivity index (χ3n) is 4.52. The average molecular weight is 345 g/mol. The summed E-state index contributed by atoms with van der Waals surface area (Å²) < 4.78 is 14.5. The van der Waals surface area contributed by atoms with Gasteiger partial charge in [0.1, 0.15) is 23.1 Å². The van der Waals surface area contributed by atoms with Crippen molar-refractivity contribution in [2.45, 2.75) is 44.4 Å². The molecule has 7 heteroatoms. The molecule has 3 rings (SSSR count). The normalized spacial score (nSPS) is 20.4. The van der Waals surface area contributed by atoms with Crippen LogP contribution in [0, 0.1) is 0 Å². The number of hydrogen-bond acceptors (Lipinski definition) is 4. The van der Waals surface area contributed by atoms with Gasteiger partial charge in [0.25, 0.3) is 11.5 Å². The van der Waals surface area contributed by atoms with Gasteiger partial charge in [0.2, 0.25) is 0 Å². The van der Waals surface area contributed by atoms with Crippen LogP contribution in [0.15, 0.2) is 35.8 Å². The number of nitrogens with one attached hydrogen (secondary N) is 1. The lowest BCUT2D eigenvalue weighted by molar-refractivity contribution is 0.0911. The largest absolute Gasteiger partial charge is 0.506 e. The number of rotatable bonds is 4. The molecule has 0 aromatic carbocycles. The Labute approximate surface area is 144 Å². The van der Waals surface area contributed by atoms with Gasteiger partial charge >= 0.3 is 0 Å². The molecule has 0 spiro atoms. The highest BCUT2D eigenvalue weighted by molar-refractivity contribution is 6.01. The van der Waals surface area contributed by atoms with Crippen LogP contribution in [0.25, 0.3) is 11.0 Å². The number of carbonyl (C=O) groups is 1. The zero-order valence-corrected chi connectivity index (χ0v) is 13.7. The van der Waals surface area contributed by atoms with Crippen molar-refractivity contribution in [1.29, 1.82) is 0 Å². The van der Waals surface area contributed by atoms with Gasteiger partial charge in [0, 0.05) is 18.8 Å². The number of nitrogens with zero attached hydrogens (tertiary/aromatic N) is 2. The number of hydrogen-bond donors (Lipinski definition) is 2. The Morgan fingerprint density at radius 2 is 2.16 bits per heavy atom. The predicted molar refractivity (Wildman–Crippen MR) is 92.5 cm³/mol. The lowest BCUT2D eigenvalue weighted by Crippen LogP contribution is -2.41. The van der Waals surface area contributed by atoms with E-state index in [0.717, 1.165) is 0 Å². The summed E-state index contributed by atoms with van der Waals surface area (Å²) in [7, 11) is 0. The third-order valence-corrected chi connectivity index (χ3v) is 4.52. The maximum atomic E-state index is 13.2. The molecular formula is C18H20FN3O3. The van der Waals surface area contributed by atoms with Crippen LogP contribution >= 0.6 is 0 Å². The number of fused-ring (bicyclic) bond motifs is 1. The first kappa shape index (κ1) is 17.1. The minimum atomic E-state index is -0.835. The molecule has 0 aliphatic heterocycles. The van der Waals surface area contributed by atoms with Crippen LogP contribution in [0.1, 0.15) is 36.0 Å². The molecule has 0 bridgehead atoms. The van der Waals surface area contributed by atoms with Gasteiger partial charge in [-0.15, -0.1) is 6.58 Å². The molecule has 1 amide bonds. The van der Waals surface area contributed by atoms with Crippen LogP contribution in [-0.4, -0.2) is 32.8 Å². The SMILES string of the molecule is C=CCn1c(=O)c(C(=O)NC2CCC(F)CC2)c(O)c2cccnc21. The molecule has 132 valence electrons. The van der Waals surface area contributed by atoms with Gasteiger partial charge in [-0.05, 0) is 37.8 Å². The summed E-state index contributed by atoms with van der Waals surface area (Å²) in [6, 6.07) is 3.02. The Kier molecular flexibility index (Phi) is 4.83. The van der Waals surface area contributed by atoms with Gasteiger partial charge < -0.3 is 10.4 Å². The Hall–Kier alpha value is -2.70. The highest BCUT2D eigenvalue weighted by Crippen LogP contribution is 2.26. The van der Waals surface area contributed by atoms with Gasteiger partial charge in [0.05, 0.1) is 5.39 Å². The summed E-state index contributed by atoms with van der Waals surface area (Å²) in [4.78, 5) is 29.5. The highest BCUT2D eigenvalue weighted by Gasteiger charge is 2.26. The molecule has 1 saturated carbocycles. The Morgan fingerprint density at radius 1 is 1.44 bits per heavy atom. The van der Waals surface area contributed by atoms with Gasteiger partial charge in [0.15, 0.2) is 0 Å². The van der Waals surface area contributed by atoms with E-state index in [1.807, 2.05) is 0 Å². The molecule has 1 aliphatic carbocycles. The first-order chi connectivity index (χ1) is 12.0. The maximum absolute atomic E-state index is 13.2. The van der Waals surface area contributed by atoms with E-state index in [0.29, 0.717) is 36.7 Å². The van der Waals surface area contributed by atoms with Crippen molar-refractivity contribution in [2.75, 3.05) is 0 Å². The van der Waals surface area contributed by atoms with Crippen LogP contribution in [-0.2, 0) is 6.54 Å². The number of halogens is 1. The number of aromatic nitrogens is 2. The molecule has 25 heavy (non-hydrogen) atoms. The lowest BCUT2D eigenvalue weighted by Gasteiger charge is -2.25. The molecule has 2 N–H and O–H groups in total. The zero-order chi connectivity index (χ0) is 18.0. The zero-order valence-electron chi connectivity index (χ0n) is 13.7. The fourth-order valence-electron chi connectivity index (χ4n) is 3.22. The molecule has 1 fully saturated rings. The van der Waals surface area contributed by atoms with Crippen LogP contribution in [0.5, 0.6) is 5.75 Å². The Bertz CT molecular complexity index is 870. The standard InChI is InChI=1S/C18H20FN3O3/c1-2-10-22-16-13(4-3-9-20-16)15(23)14(18(22)25)17(24)21-12-7-5-11(19)6-8-12/h2-4,9,11-12,23H,1,5-8,10H2,(H,21,24). The van der Waals surface area contributed by atoms with Gasteiger partial charge in [-0.2, -0.15) is 0 Å². The average Bonchev–Trinajstić information content (AvgIpc) is 2.61. The number of aromatic hydroxyl groups is 1. The summed E-state index contributed by atoms with van der Waals surface area (Å²) in [5.74, 6) is -1.03. The minimum Gasteiger partial charge on any atom is -0.506 e. The third kappa shape index (κ3) is 3.26. The lowest BCUT2D eigenvalue weighted by atomic mass is 9.94. The van der Waals surface area contributed by atoms with Crippen molar-refractivity contribution in [1.82, 2.24) is 14.9 Å². The summed E-state index contributed by atoms with van der Waals surface area (Å²) >= 11 is 0. The van der Waals surface area contributed by atoms with Crippen LogP contribution < -0.4 is 10.9 Å². The maximum Gasteiger partial charge on any atom is 0.269 e. The van der Waals surface area contributed by atoms with Crippen LogP contribution in [0.3, 0.4) is 0 Å². The Balaban J connectivity index is 2.01. The quantitative estimate of drug-likeness (QED) is 0.833. The van der Waals surface area contributed by atoms with Gasteiger partial charge in [-0.1, -0.05) is 6.08 Å². The molecule has 2 aromatic rings. The second kappa shape index (κ2) is 7.04. The van der Waals surface area contributed by atoms with Crippen molar-refractivity contribution in [3.63, 3.8) is 0 Å². The van der Waals surface area contributed by atoms with Crippen LogP contribution in [0.2, 0.25) is 0 Å². The molecule has 0 atom stereocenters. The first-order valence-electron chi connectivity index (χ1n) is 8.29. The number of amides is 1. The topological polar surface area (TPSA) is 84.2 Å². The van der Waals surface area contributed by atoms with Crippen molar-refractivity contribution >= 4 is 16.9 Å². The van der Waals surface area contributed by atoms with Crippen molar-refractivity contribution < 1.29 is 14.3 Å². The molecule has 0 unspecified atom stereocenters. The fourth-order valence-corrected chi connectivity index (χ4v) is 3.22. The second-order valence-electron chi connectivity index (χ2n) is 6.22.